The summed E-state index contributed by atoms with van der Waals surface area (Å²) in [6.45, 7) is 19.4. The molecule has 6 nitrogen and oxygen atoms in total. The van der Waals surface area contributed by atoms with E-state index in [1.807, 2.05) is 18.2 Å². The van der Waals surface area contributed by atoms with Crippen molar-refractivity contribution < 1.29 is 23.2 Å². The third-order valence-electron chi connectivity index (χ3n) is 9.28. The molecule has 45 heavy (non-hydrogen) atoms. The maximum Gasteiger partial charge on any atom is 0.272 e. The number of hydrogen-bond donors (Lipinski definition) is 0. The van der Waals surface area contributed by atoms with Crippen molar-refractivity contribution in [3.05, 3.63) is 95.6 Å². The molecule has 1 aliphatic rings. The van der Waals surface area contributed by atoms with Gasteiger partial charge in [0.2, 0.25) is 5.91 Å². The van der Waals surface area contributed by atoms with Gasteiger partial charge in [-0.2, -0.15) is 0 Å². The fourth-order valence-electron chi connectivity index (χ4n) is 5.73. The second kappa shape index (κ2) is 13.9. The number of amides is 1. The van der Waals surface area contributed by atoms with Gasteiger partial charge in [0.1, 0.15) is 0 Å². The summed E-state index contributed by atoms with van der Waals surface area (Å²) in [5, 5.41) is 1.74. The van der Waals surface area contributed by atoms with Crippen molar-refractivity contribution in [3.8, 4) is 0 Å². The van der Waals surface area contributed by atoms with Crippen molar-refractivity contribution in [2.45, 2.75) is 83.7 Å². The molecule has 4 rings (SSSR count). The van der Waals surface area contributed by atoms with E-state index in [9.17, 15) is 14.4 Å². The van der Waals surface area contributed by atoms with Gasteiger partial charge in [-0.05, 0) is 56.7 Å². The third-order valence-corrected chi connectivity index (χ3v) is 19.6. The van der Waals surface area contributed by atoms with Crippen LogP contribution in [0.5, 0.6) is 0 Å². The highest BCUT2D eigenvalue weighted by Crippen LogP contribution is 2.40. The van der Waals surface area contributed by atoms with Crippen LogP contribution in [0, 0.1) is 0 Å². The molecule has 0 unspecified atom stereocenters. The Morgan fingerprint density at radius 1 is 0.889 bits per heavy atom. The Labute approximate surface area is 275 Å². The summed E-state index contributed by atoms with van der Waals surface area (Å²) < 4.78 is 15.1. The molecule has 0 saturated carbocycles. The summed E-state index contributed by atoms with van der Waals surface area (Å²) in [6.07, 6.45) is 0.911. The molecule has 0 aliphatic carbocycles. The second-order valence-corrected chi connectivity index (χ2v) is 24.5. The monoisotopic (exact) mass is 661 g/mol. The van der Waals surface area contributed by atoms with Gasteiger partial charge in [0.25, 0.3) is 13.4 Å². The fourth-order valence-corrected chi connectivity index (χ4v) is 12.0. The van der Waals surface area contributed by atoms with Crippen molar-refractivity contribution in [2.75, 3.05) is 13.2 Å². The van der Waals surface area contributed by atoms with Crippen molar-refractivity contribution in [1.82, 2.24) is 4.31 Å². The van der Waals surface area contributed by atoms with Crippen molar-refractivity contribution in [3.63, 3.8) is 0 Å². The molecule has 0 bridgehead atoms. The number of β-lactam (4-membered cyclic amide) rings is 1. The highest BCUT2D eigenvalue weighted by molar-refractivity contribution is 8.13. The molecular weight excluding hydrogens is 615 g/mol. The highest BCUT2D eigenvalue weighted by Gasteiger charge is 2.50. The molecule has 1 fully saturated rings. The highest BCUT2D eigenvalue weighted by atomic mass is 32.2. The SMILES string of the molecule is CC(C)(C)[Si](C)(C)OCCc1cc(CO[Si](c2ccccc2)(c2ccccc2)C(C)(C)C)ccc1[C@H]1CN(SC(=O)C=O)C1=O. The zero-order valence-corrected chi connectivity index (χ0v) is 30.7. The Morgan fingerprint density at radius 3 is 1.96 bits per heavy atom. The minimum Gasteiger partial charge on any atom is -0.416 e. The number of carbonyl (C=O) groups is 3. The summed E-state index contributed by atoms with van der Waals surface area (Å²) in [6, 6.07) is 27.5. The molecule has 1 saturated heterocycles. The quantitative estimate of drug-likeness (QED) is 0.0714. The Hall–Kier alpha value is -2.83. The first kappa shape index (κ1) is 35.0. The van der Waals surface area contributed by atoms with Gasteiger partial charge in [0.05, 0.1) is 12.5 Å². The predicted molar refractivity (Wildman–Crippen MR) is 189 cm³/mol. The number of carbonyl (C=O) groups excluding carboxylic acids is 3. The molecule has 3 aromatic rings. The van der Waals surface area contributed by atoms with Crippen LogP contribution in [0.2, 0.25) is 23.2 Å². The number of rotatable bonds is 12. The van der Waals surface area contributed by atoms with E-state index in [1.165, 1.54) is 14.7 Å². The van der Waals surface area contributed by atoms with Crippen molar-refractivity contribution >= 4 is 56.3 Å². The largest absolute Gasteiger partial charge is 0.416 e. The van der Waals surface area contributed by atoms with Crippen LogP contribution in [0.1, 0.15) is 64.2 Å². The molecule has 1 atom stereocenters. The zero-order valence-electron chi connectivity index (χ0n) is 27.9. The van der Waals surface area contributed by atoms with Crippen LogP contribution in [0.4, 0.5) is 0 Å². The molecular formula is C36H47NO5SSi2. The lowest BCUT2D eigenvalue weighted by Gasteiger charge is -2.43. The van der Waals surface area contributed by atoms with Crippen LogP contribution in [-0.2, 0) is 36.3 Å². The molecule has 0 aromatic heterocycles. The van der Waals surface area contributed by atoms with Gasteiger partial charge >= 0.3 is 0 Å². The van der Waals surface area contributed by atoms with E-state index >= 15 is 0 Å². The summed E-state index contributed by atoms with van der Waals surface area (Å²) in [7, 11) is -4.70. The standard InChI is InChI=1S/C36H47NO5SSi2/c1-35(2,3)44(7,8)41-22-21-28-23-27(19-20-31(28)32-24-37(34(32)40)43-33(39)25-38)26-42-45(36(4,5)6,29-15-11-9-12-16-29)30-17-13-10-14-18-30/h9-20,23,25,32H,21-22,24,26H2,1-8H3/t32-/m1/s1. The normalized spacial score (nSPS) is 16.0. The van der Waals surface area contributed by atoms with E-state index in [1.54, 1.807) is 0 Å². The minimum atomic E-state index is -2.73. The van der Waals surface area contributed by atoms with Crippen LogP contribution in [-0.4, -0.2) is 51.4 Å². The number of hydrogen-bond acceptors (Lipinski definition) is 6. The predicted octanol–water partition coefficient (Wildman–Crippen LogP) is 6.63. The number of nitrogens with zero attached hydrogens (tertiary/aromatic N) is 1. The maximum atomic E-state index is 13.1. The molecule has 1 amide bonds. The molecule has 0 spiro atoms. The fraction of sp³-hybridized carbons (Fsp3) is 0.417. The Balaban J connectivity index is 1.67. The van der Waals surface area contributed by atoms with Crippen LogP contribution < -0.4 is 10.4 Å². The summed E-state index contributed by atoms with van der Waals surface area (Å²) in [4.78, 5) is 35.6. The van der Waals surface area contributed by atoms with Crippen LogP contribution in [0.15, 0.2) is 78.9 Å². The van der Waals surface area contributed by atoms with E-state index in [4.69, 9.17) is 8.85 Å². The average molecular weight is 662 g/mol. The van der Waals surface area contributed by atoms with Crippen molar-refractivity contribution in [2.24, 2.45) is 0 Å². The lowest BCUT2D eigenvalue weighted by atomic mass is 9.87. The van der Waals surface area contributed by atoms with Crippen LogP contribution in [0.25, 0.3) is 0 Å². The van der Waals surface area contributed by atoms with Gasteiger partial charge in [-0.3, -0.25) is 18.7 Å². The Bertz CT molecular complexity index is 1460. The van der Waals surface area contributed by atoms with Crippen LogP contribution >= 0.6 is 11.9 Å². The van der Waals surface area contributed by atoms with E-state index in [-0.39, 0.29) is 28.2 Å². The Morgan fingerprint density at radius 2 is 1.47 bits per heavy atom. The minimum absolute atomic E-state index is 0.0914. The topological polar surface area (TPSA) is 72.9 Å². The molecule has 3 aromatic carbocycles. The summed E-state index contributed by atoms with van der Waals surface area (Å²) >= 11 is 0.677. The van der Waals surface area contributed by atoms with Crippen molar-refractivity contribution in [1.29, 1.82) is 0 Å². The lowest BCUT2D eigenvalue weighted by molar-refractivity contribution is -0.135. The molecule has 240 valence electrons. The van der Waals surface area contributed by atoms with Gasteiger partial charge in [-0.15, -0.1) is 0 Å². The summed E-state index contributed by atoms with van der Waals surface area (Å²) in [5.74, 6) is -0.510. The van der Waals surface area contributed by atoms with E-state index in [0.29, 0.717) is 38.1 Å². The first-order valence-electron chi connectivity index (χ1n) is 15.6. The van der Waals surface area contributed by atoms with Gasteiger partial charge in [-0.25, -0.2) is 0 Å². The smallest absolute Gasteiger partial charge is 0.272 e. The van der Waals surface area contributed by atoms with E-state index in [0.717, 1.165) is 16.7 Å². The first-order valence-corrected chi connectivity index (χ1v) is 21.2. The number of aldehydes is 1. The molecule has 1 aliphatic heterocycles. The zero-order chi connectivity index (χ0) is 33.0. The van der Waals surface area contributed by atoms with E-state index in [2.05, 4.69) is 115 Å². The van der Waals surface area contributed by atoms with E-state index < -0.39 is 21.8 Å². The number of benzene rings is 3. The molecule has 1 heterocycles. The van der Waals surface area contributed by atoms with Gasteiger partial charge in [-0.1, -0.05) is 120 Å². The second-order valence-electron chi connectivity index (χ2n) is 14.3. The third kappa shape index (κ3) is 7.60. The van der Waals surface area contributed by atoms with Crippen LogP contribution in [0.3, 0.4) is 0 Å². The first-order chi connectivity index (χ1) is 21.1. The molecule has 9 heteroatoms. The molecule has 0 N–H and O–H groups in total. The maximum absolute atomic E-state index is 13.1. The van der Waals surface area contributed by atoms with Gasteiger partial charge in [0.15, 0.2) is 14.6 Å². The summed E-state index contributed by atoms with van der Waals surface area (Å²) in [5.41, 5.74) is 3.05. The average Bonchev–Trinajstić information content (AvgIpc) is 2.99. The van der Waals surface area contributed by atoms with Gasteiger partial charge < -0.3 is 8.85 Å². The molecule has 0 radical (unpaired) electrons. The Kier molecular flexibility index (Phi) is 10.8. The lowest BCUT2D eigenvalue weighted by Crippen LogP contribution is -2.66. The van der Waals surface area contributed by atoms with Gasteiger partial charge in [0, 0.05) is 25.1 Å².